The van der Waals surface area contributed by atoms with Crippen LogP contribution in [0.2, 0.25) is 0 Å². The Morgan fingerprint density at radius 2 is 1.62 bits per heavy atom. The second-order valence-electron chi connectivity index (χ2n) is 8.68. The standard InChI is InChI=1S/C22H29NO3/c1-26-21(25)7-8-23(20(24)12-16-5-3-2-4-6-16)22-13-17-9-18(14-22)11-19(10-17)15-22/h2-6,17-19H,7-15H2,1H3. The lowest BCUT2D eigenvalue weighted by Crippen LogP contribution is -2.62. The predicted molar refractivity (Wildman–Crippen MR) is 99.4 cm³/mol. The molecule has 4 aliphatic rings. The van der Waals surface area contributed by atoms with Crippen LogP contribution >= 0.6 is 0 Å². The van der Waals surface area contributed by atoms with Crippen LogP contribution in [0, 0.1) is 17.8 Å². The van der Waals surface area contributed by atoms with Crippen molar-refractivity contribution < 1.29 is 14.3 Å². The summed E-state index contributed by atoms with van der Waals surface area (Å²) in [4.78, 5) is 27.2. The third-order valence-electron chi connectivity index (χ3n) is 6.84. The lowest BCUT2D eigenvalue weighted by atomic mass is 9.52. The number of ether oxygens (including phenoxy) is 1. The molecule has 4 aliphatic carbocycles. The van der Waals surface area contributed by atoms with Crippen molar-refractivity contribution in [3.63, 3.8) is 0 Å². The van der Waals surface area contributed by atoms with Gasteiger partial charge in [-0.1, -0.05) is 30.3 Å². The molecule has 1 aromatic rings. The van der Waals surface area contributed by atoms with Gasteiger partial charge in [0, 0.05) is 12.1 Å². The third kappa shape index (κ3) is 3.38. The van der Waals surface area contributed by atoms with Gasteiger partial charge in [-0.2, -0.15) is 0 Å². The molecular formula is C22H29NO3. The fourth-order valence-corrected chi connectivity index (χ4v) is 6.19. The average molecular weight is 355 g/mol. The molecule has 4 fully saturated rings. The van der Waals surface area contributed by atoms with Gasteiger partial charge in [0.05, 0.1) is 20.0 Å². The molecule has 0 spiro atoms. The van der Waals surface area contributed by atoms with E-state index in [0.29, 0.717) is 19.4 Å². The largest absolute Gasteiger partial charge is 0.469 e. The Kier molecular flexibility index (Phi) is 4.76. The Bertz CT molecular complexity index is 634. The molecule has 4 saturated carbocycles. The van der Waals surface area contributed by atoms with Crippen molar-refractivity contribution in [3.05, 3.63) is 35.9 Å². The number of rotatable bonds is 6. The van der Waals surface area contributed by atoms with Crippen LogP contribution in [0.5, 0.6) is 0 Å². The normalized spacial score (nSPS) is 31.7. The van der Waals surface area contributed by atoms with Crippen LogP contribution < -0.4 is 0 Å². The Balaban J connectivity index is 1.56. The van der Waals surface area contributed by atoms with Gasteiger partial charge in [-0.25, -0.2) is 0 Å². The van der Waals surface area contributed by atoms with E-state index in [2.05, 4.69) is 4.90 Å². The molecule has 140 valence electrons. The summed E-state index contributed by atoms with van der Waals surface area (Å²) in [6.07, 6.45) is 8.12. The van der Waals surface area contributed by atoms with Crippen molar-refractivity contribution in [3.8, 4) is 0 Å². The van der Waals surface area contributed by atoms with E-state index in [4.69, 9.17) is 4.74 Å². The first-order valence-corrected chi connectivity index (χ1v) is 9.99. The van der Waals surface area contributed by atoms with Gasteiger partial charge in [0.25, 0.3) is 0 Å². The summed E-state index contributed by atoms with van der Waals surface area (Å²) in [5.41, 5.74) is 1.03. The van der Waals surface area contributed by atoms with Crippen LogP contribution in [-0.2, 0) is 20.7 Å². The van der Waals surface area contributed by atoms with Gasteiger partial charge < -0.3 is 9.64 Å². The van der Waals surface area contributed by atoms with E-state index >= 15 is 0 Å². The monoisotopic (exact) mass is 355 g/mol. The summed E-state index contributed by atoms with van der Waals surface area (Å²) in [5, 5.41) is 0. The van der Waals surface area contributed by atoms with E-state index < -0.39 is 0 Å². The molecule has 4 bridgehead atoms. The number of hydrogen-bond donors (Lipinski definition) is 0. The first-order valence-electron chi connectivity index (χ1n) is 9.99. The molecule has 0 heterocycles. The molecule has 26 heavy (non-hydrogen) atoms. The maximum absolute atomic E-state index is 13.3. The molecule has 1 amide bonds. The zero-order valence-corrected chi connectivity index (χ0v) is 15.7. The van der Waals surface area contributed by atoms with Gasteiger partial charge in [0.1, 0.15) is 0 Å². The van der Waals surface area contributed by atoms with Gasteiger partial charge in [-0.15, -0.1) is 0 Å². The third-order valence-corrected chi connectivity index (χ3v) is 6.84. The van der Waals surface area contributed by atoms with Crippen molar-refractivity contribution >= 4 is 11.9 Å². The van der Waals surface area contributed by atoms with Gasteiger partial charge in [-0.3, -0.25) is 9.59 Å². The summed E-state index contributed by atoms with van der Waals surface area (Å²) in [6.45, 7) is 0.491. The average Bonchev–Trinajstić information content (AvgIpc) is 2.61. The van der Waals surface area contributed by atoms with E-state index in [9.17, 15) is 9.59 Å². The maximum atomic E-state index is 13.3. The smallest absolute Gasteiger partial charge is 0.307 e. The van der Waals surface area contributed by atoms with Gasteiger partial charge in [0.15, 0.2) is 0 Å². The minimum Gasteiger partial charge on any atom is -0.469 e. The van der Waals surface area contributed by atoms with Crippen LogP contribution in [0.4, 0.5) is 0 Å². The molecule has 5 rings (SSSR count). The minimum absolute atomic E-state index is 0.0192. The van der Waals surface area contributed by atoms with E-state index in [1.807, 2.05) is 30.3 Å². The van der Waals surface area contributed by atoms with Crippen LogP contribution in [0.15, 0.2) is 30.3 Å². The first-order chi connectivity index (χ1) is 12.6. The Hall–Kier alpha value is -1.84. The van der Waals surface area contributed by atoms with Crippen molar-refractivity contribution in [2.24, 2.45) is 17.8 Å². The number of carbonyl (C=O) groups excluding carboxylic acids is 2. The molecule has 0 unspecified atom stereocenters. The highest BCUT2D eigenvalue weighted by atomic mass is 16.5. The Morgan fingerprint density at radius 3 is 2.15 bits per heavy atom. The second-order valence-corrected chi connectivity index (χ2v) is 8.68. The Labute approximate surface area is 155 Å². The topological polar surface area (TPSA) is 46.6 Å². The lowest BCUT2D eigenvalue weighted by Gasteiger charge is -2.60. The predicted octanol–water partition coefficient (Wildman–Crippen LogP) is 3.59. The molecule has 0 saturated heterocycles. The molecule has 4 nitrogen and oxygen atoms in total. The van der Waals surface area contributed by atoms with E-state index in [1.165, 1.54) is 26.4 Å². The highest BCUT2D eigenvalue weighted by molar-refractivity contribution is 5.80. The first kappa shape index (κ1) is 17.6. The minimum atomic E-state index is -0.229. The summed E-state index contributed by atoms with van der Waals surface area (Å²) >= 11 is 0. The fourth-order valence-electron chi connectivity index (χ4n) is 6.19. The zero-order valence-electron chi connectivity index (χ0n) is 15.7. The number of nitrogens with zero attached hydrogens (tertiary/aromatic N) is 1. The van der Waals surface area contributed by atoms with Crippen LogP contribution in [0.1, 0.15) is 50.5 Å². The summed E-state index contributed by atoms with van der Waals surface area (Å²) < 4.78 is 4.84. The molecule has 0 radical (unpaired) electrons. The second kappa shape index (κ2) is 7.05. The molecule has 1 aromatic carbocycles. The van der Waals surface area contributed by atoms with Crippen molar-refractivity contribution in [1.82, 2.24) is 4.90 Å². The van der Waals surface area contributed by atoms with E-state index in [-0.39, 0.29) is 17.4 Å². The number of carbonyl (C=O) groups is 2. The fraction of sp³-hybridized carbons (Fsp3) is 0.636. The highest BCUT2D eigenvalue weighted by Gasteiger charge is 2.54. The summed E-state index contributed by atoms with van der Waals surface area (Å²) in [7, 11) is 1.42. The zero-order chi connectivity index (χ0) is 18.1. The van der Waals surface area contributed by atoms with Gasteiger partial charge in [-0.05, 0) is 61.8 Å². The van der Waals surface area contributed by atoms with E-state index in [0.717, 1.165) is 42.6 Å². The van der Waals surface area contributed by atoms with Crippen molar-refractivity contribution in [2.75, 3.05) is 13.7 Å². The van der Waals surface area contributed by atoms with Crippen molar-refractivity contribution in [1.29, 1.82) is 0 Å². The quantitative estimate of drug-likeness (QED) is 0.733. The molecule has 4 heteroatoms. The molecular weight excluding hydrogens is 326 g/mol. The van der Waals surface area contributed by atoms with Crippen LogP contribution in [0.3, 0.4) is 0 Å². The number of esters is 1. The molecule has 0 atom stereocenters. The number of benzene rings is 1. The maximum Gasteiger partial charge on any atom is 0.307 e. The SMILES string of the molecule is COC(=O)CCN(C(=O)Cc1ccccc1)C12CC3CC(CC(C3)C1)C2. The number of hydrogen-bond acceptors (Lipinski definition) is 3. The van der Waals surface area contributed by atoms with Crippen LogP contribution in [0.25, 0.3) is 0 Å². The van der Waals surface area contributed by atoms with E-state index in [1.54, 1.807) is 0 Å². The molecule has 0 aromatic heterocycles. The lowest BCUT2D eigenvalue weighted by molar-refractivity contribution is -0.152. The highest BCUT2D eigenvalue weighted by Crippen LogP contribution is 2.57. The van der Waals surface area contributed by atoms with Crippen LogP contribution in [-0.4, -0.2) is 36.0 Å². The summed E-state index contributed by atoms with van der Waals surface area (Å²) in [6, 6.07) is 9.95. The van der Waals surface area contributed by atoms with Crippen molar-refractivity contribution in [2.45, 2.75) is 56.9 Å². The Morgan fingerprint density at radius 1 is 1.04 bits per heavy atom. The number of methoxy groups -OCH3 is 1. The molecule has 0 aliphatic heterocycles. The van der Waals surface area contributed by atoms with Gasteiger partial charge >= 0.3 is 5.97 Å². The molecule has 0 N–H and O–H groups in total. The van der Waals surface area contributed by atoms with Gasteiger partial charge in [0.2, 0.25) is 5.91 Å². The summed E-state index contributed by atoms with van der Waals surface area (Å²) in [5.74, 6) is 2.25. The number of amides is 1.